The average molecular weight is 468 g/mol. The smallest absolute Gasteiger partial charge is 0.412 e. The van der Waals surface area contributed by atoms with E-state index in [0.29, 0.717) is 17.5 Å². The molecule has 1 aromatic heterocycles. The van der Waals surface area contributed by atoms with Crippen LogP contribution in [0, 0.1) is 11.3 Å². The van der Waals surface area contributed by atoms with Gasteiger partial charge in [0.1, 0.15) is 17.4 Å². The van der Waals surface area contributed by atoms with Crippen LogP contribution in [0.2, 0.25) is 0 Å². The van der Waals surface area contributed by atoms with Gasteiger partial charge in [-0.15, -0.1) is 0 Å². The third-order valence-electron chi connectivity index (χ3n) is 4.46. The first-order chi connectivity index (χ1) is 15.0. The van der Waals surface area contributed by atoms with Gasteiger partial charge in [-0.1, -0.05) is 26.1 Å². The van der Waals surface area contributed by atoms with E-state index in [0.717, 1.165) is 11.1 Å². The zero-order valence-corrected chi connectivity index (χ0v) is 19.1. The zero-order chi connectivity index (χ0) is 24.7. The van der Waals surface area contributed by atoms with Crippen LogP contribution in [0.25, 0.3) is 0 Å². The van der Waals surface area contributed by atoms with Crippen molar-refractivity contribution in [1.29, 1.82) is 5.26 Å². The number of thiocarbonyl (C=S) groups is 1. The van der Waals surface area contributed by atoms with Crippen molar-refractivity contribution in [2.45, 2.75) is 39.4 Å². The number of aromatic nitrogens is 1. The van der Waals surface area contributed by atoms with Crippen LogP contribution in [0.4, 0.5) is 24.5 Å². The van der Waals surface area contributed by atoms with Gasteiger partial charge in [-0.3, -0.25) is 4.79 Å². The van der Waals surface area contributed by atoms with Gasteiger partial charge in [-0.2, -0.15) is 24.3 Å². The van der Waals surface area contributed by atoms with Crippen LogP contribution < -0.4 is 20.5 Å². The number of likely N-dealkylation sites (N-methyl/N-ethyl adjacent to an activating group) is 1. The van der Waals surface area contributed by atoms with Crippen molar-refractivity contribution in [3.8, 4) is 11.8 Å². The normalized spacial score (nSPS) is 10.9. The molecule has 0 unspecified atom stereocenters. The molecule has 1 amide bonds. The molecule has 32 heavy (non-hydrogen) atoms. The lowest BCUT2D eigenvalue weighted by molar-refractivity contribution is -0.138. The van der Waals surface area contributed by atoms with Crippen molar-refractivity contribution in [1.82, 2.24) is 4.98 Å². The number of carbonyl (C=O) groups is 1. The van der Waals surface area contributed by atoms with Crippen molar-refractivity contribution in [3.05, 3.63) is 47.8 Å². The Balaban J connectivity index is 0.00000249. The number of halogens is 3. The van der Waals surface area contributed by atoms with Gasteiger partial charge in [0, 0.05) is 12.7 Å². The molecule has 1 aromatic carbocycles. The van der Waals surface area contributed by atoms with E-state index in [2.05, 4.69) is 9.82 Å². The van der Waals surface area contributed by atoms with E-state index in [9.17, 15) is 18.0 Å². The van der Waals surface area contributed by atoms with Crippen LogP contribution in [0.1, 0.15) is 39.0 Å². The second kappa shape index (κ2) is 10.9. The summed E-state index contributed by atoms with van der Waals surface area (Å²) in [6.45, 7) is 7.15. The maximum Gasteiger partial charge on any atom is 0.419 e. The van der Waals surface area contributed by atoms with Gasteiger partial charge in [0.25, 0.3) is 5.91 Å². The Morgan fingerprint density at radius 3 is 2.22 bits per heavy atom. The average Bonchev–Trinajstić information content (AvgIpc) is 2.79. The molecule has 0 aliphatic rings. The molecule has 2 rings (SSSR count). The molecular weight excluding hydrogens is 443 g/mol. The molecule has 0 fully saturated rings. The predicted octanol–water partition coefficient (Wildman–Crippen LogP) is 4.46. The maximum absolute atomic E-state index is 13.2. The van der Waals surface area contributed by atoms with Crippen LogP contribution in [-0.4, -0.2) is 29.0 Å². The number of amides is 1. The quantitative estimate of drug-likeness (QED) is 0.495. The molecule has 1 heterocycles. The first kappa shape index (κ1) is 26.8. The third-order valence-corrected chi connectivity index (χ3v) is 4.67. The Hall–Kier alpha value is -3.23. The van der Waals surface area contributed by atoms with Crippen LogP contribution in [0.5, 0.6) is 5.75 Å². The lowest BCUT2D eigenvalue weighted by Gasteiger charge is -2.38. The van der Waals surface area contributed by atoms with Crippen LogP contribution >= 0.6 is 12.2 Å². The number of anilines is 2. The van der Waals surface area contributed by atoms with Crippen molar-refractivity contribution < 1.29 is 22.8 Å². The highest BCUT2D eigenvalue weighted by Crippen LogP contribution is 2.34. The summed E-state index contributed by atoms with van der Waals surface area (Å²) in [6.07, 6.45) is -3.75. The number of hydrogen-bond donors (Lipinski definition) is 1. The number of rotatable bonds is 6. The molecule has 0 saturated carbocycles. The fourth-order valence-electron chi connectivity index (χ4n) is 2.77. The molecule has 172 valence electrons. The zero-order valence-electron chi connectivity index (χ0n) is 18.3. The number of benzene rings is 1. The fourth-order valence-corrected chi connectivity index (χ4v) is 3.16. The van der Waals surface area contributed by atoms with E-state index >= 15 is 0 Å². The highest BCUT2D eigenvalue weighted by molar-refractivity contribution is 7.79. The van der Waals surface area contributed by atoms with E-state index in [1.54, 1.807) is 38.1 Å². The minimum absolute atomic E-state index is 0.115. The topological polar surface area (TPSA) is 95.5 Å². The van der Waals surface area contributed by atoms with Gasteiger partial charge in [0.05, 0.1) is 22.9 Å². The van der Waals surface area contributed by atoms with Gasteiger partial charge in [0.2, 0.25) is 0 Å². The molecule has 0 saturated heterocycles. The lowest BCUT2D eigenvalue weighted by Crippen LogP contribution is -2.55. The number of nitrogens with zero attached hydrogens (tertiary/aromatic N) is 4. The maximum atomic E-state index is 13.2. The summed E-state index contributed by atoms with van der Waals surface area (Å²) in [6, 6.07) is 8.53. The van der Waals surface area contributed by atoms with Gasteiger partial charge in [-0.25, -0.2) is 4.98 Å². The molecule has 0 atom stereocenters. The van der Waals surface area contributed by atoms with Crippen molar-refractivity contribution in [2.24, 2.45) is 5.90 Å². The highest BCUT2D eigenvalue weighted by atomic mass is 32.1. The van der Waals surface area contributed by atoms with E-state index in [-0.39, 0.29) is 5.69 Å². The molecule has 0 aliphatic heterocycles. The Morgan fingerprint density at radius 2 is 1.78 bits per heavy atom. The molecule has 2 aromatic rings. The Kier molecular flexibility index (Phi) is 9.11. The van der Waals surface area contributed by atoms with E-state index < -0.39 is 28.9 Å². The molecule has 0 bridgehead atoms. The molecule has 0 spiro atoms. The van der Waals surface area contributed by atoms with Crippen molar-refractivity contribution in [2.75, 3.05) is 16.8 Å². The Morgan fingerprint density at radius 1 is 1.22 bits per heavy atom. The number of hydrogen-bond acceptors (Lipinski definition) is 6. The monoisotopic (exact) mass is 467 g/mol. The minimum Gasteiger partial charge on any atom is -0.412 e. The number of pyridine rings is 1. The Bertz CT molecular complexity index is 988. The van der Waals surface area contributed by atoms with Crippen LogP contribution in [-0.2, 0) is 11.0 Å². The molecule has 0 aliphatic carbocycles. The minimum atomic E-state index is -4.79. The molecule has 2 N–H and O–H groups in total. The van der Waals surface area contributed by atoms with E-state index in [1.807, 2.05) is 13.8 Å². The predicted molar refractivity (Wildman–Crippen MR) is 120 cm³/mol. The van der Waals surface area contributed by atoms with Crippen molar-refractivity contribution in [3.63, 3.8) is 0 Å². The van der Waals surface area contributed by atoms with Gasteiger partial charge < -0.3 is 14.6 Å². The fraction of sp³-hybridized carbons (Fsp3) is 0.333. The Labute approximate surface area is 190 Å². The van der Waals surface area contributed by atoms with E-state index in [4.69, 9.17) is 23.4 Å². The van der Waals surface area contributed by atoms with Gasteiger partial charge in [0.15, 0.2) is 5.69 Å². The number of alkyl halides is 3. The lowest BCUT2D eigenvalue weighted by atomic mass is 9.99. The van der Waals surface area contributed by atoms with E-state index in [1.165, 1.54) is 23.5 Å². The molecular formula is C21H24F3N5O2S. The second-order valence-corrected chi connectivity index (χ2v) is 6.92. The SMILES string of the molecule is CC.CN(C(=O)C(C)(C)N(C=S)c1ccc(ON)cc1)c1cnc(C#N)c(C(F)(F)F)c1. The van der Waals surface area contributed by atoms with Crippen molar-refractivity contribution >= 4 is 35.0 Å². The summed E-state index contributed by atoms with van der Waals surface area (Å²) in [7, 11) is 1.32. The first-order valence-electron chi connectivity index (χ1n) is 9.44. The highest BCUT2D eigenvalue weighted by Gasteiger charge is 2.39. The summed E-state index contributed by atoms with van der Waals surface area (Å²) in [5.74, 6) is 4.94. The summed E-state index contributed by atoms with van der Waals surface area (Å²) in [5.41, 5.74) is -1.56. The van der Waals surface area contributed by atoms with Gasteiger partial charge >= 0.3 is 6.18 Å². The van der Waals surface area contributed by atoms with Gasteiger partial charge in [-0.05, 0) is 44.2 Å². The molecule has 0 radical (unpaired) electrons. The standard InChI is InChI=1S/C19H18F3N5O2S.C2H6/c1-18(2,27(11-30)12-4-6-14(29-24)7-5-12)17(28)26(3)13-8-15(19(20,21)22)16(9-23)25-10-13;1-2/h4-8,10-11H,24H2,1-3H3;1-2H3. The largest absolute Gasteiger partial charge is 0.419 e. The van der Waals surface area contributed by atoms with Crippen LogP contribution in [0.15, 0.2) is 36.5 Å². The number of nitrogens with two attached hydrogens (primary N) is 1. The third kappa shape index (κ3) is 5.72. The summed E-state index contributed by atoms with van der Waals surface area (Å²) >= 11 is 5.07. The number of nitriles is 1. The summed E-state index contributed by atoms with van der Waals surface area (Å²) in [5, 5.41) is 8.89. The summed E-state index contributed by atoms with van der Waals surface area (Å²) in [4.78, 5) is 23.9. The first-order valence-corrected chi connectivity index (χ1v) is 9.91. The second-order valence-electron chi connectivity index (χ2n) is 6.71. The molecule has 7 nitrogen and oxygen atoms in total. The molecule has 11 heteroatoms. The summed E-state index contributed by atoms with van der Waals surface area (Å²) < 4.78 is 39.7. The van der Waals surface area contributed by atoms with Crippen LogP contribution in [0.3, 0.4) is 0 Å². The number of carbonyl (C=O) groups excluding carboxylic acids is 1.